The largest absolute Gasteiger partial charge is 0.358 e. The van der Waals surface area contributed by atoms with Crippen molar-refractivity contribution in [1.82, 2.24) is 4.90 Å². The van der Waals surface area contributed by atoms with Crippen molar-refractivity contribution in [3.63, 3.8) is 0 Å². The summed E-state index contributed by atoms with van der Waals surface area (Å²) in [7, 11) is 0. The highest BCUT2D eigenvalue weighted by Crippen LogP contribution is 2.12. The third-order valence-electron chi connectivity index (χ3n) is 5.81. The van der Waals surface area contributed by atoms with Gasteiger partial charge < -0.3 is 13.2 Å². The van der Waals surface area contributed by atoms with Crippen molar-refractivity contribution < 1.29 is 4.58 Å². The lowest BCUT2D eigenvalue weighted by atomic mass is 10.1. The fourth-order valence-electron chi connectivity index (χ4n) is 4.11. The number of allylic oxidation sites excluding steroid dienone is 2. The third kappa shape index (κ3) is 12.6. The van der Waals surface area contributed by atoms with Gasteiger partial charge in [0.1, 0.15) is 13.1 Å². The molecule has 1 heterocycles. The molecule has 1 rings (SSSR count). The molecule has 0 aromatic rings. The van der Waals surface area contributed by atoms with Gasteiger partial charge in [0, 0.05) is 13.0 Å². The molecule has 28 heavy (non-hydrogen) atoms. The third-order valence-corrected chi connectivity index (χ3v) is 5.81. The first kappa shape index (κ1) is 27.2. The maximum Gasteiger partial charge on any atom is 0.247 e. The van der Waals surface area contributed by atoms with Gasteiger partial charge in [-0.15, -0.1) is 0 Å². The summed E-state index contributed by atoms with van der Waals surface area (Å²) in [6.07, 6.45) is 23.9. The zero-order chi connectivity index (χ0) is 19.6. The quantitative estimate of drug-likeness (QED) is 0.130. The second-order valence-corrected chi connectivity index (χ2v) is 8.11. The van der Waals surface area contributed by atoms with Crippen LogP contribution in [0, 0.1) is 7.43 Å². The Morgan fingerprint density at radius 1 is 0.857 bits per heavy atom. The van der Waals surface area contributed by atoms with Crippen LogP contribution >= 0.6 is 0 Å². The number of hydrogen-bond acceptors (Lipinski definition) is 2. The summed E-state index contributed by atoms with van der Waals surface area (Å²) < 4.78 is 2.51. The maximum atomic E-state index is 5.76. The SMILES string of the molecule is CCCCCCCC/C=C/CCCCCCCC1=[N+](CCN)CCN1CC.[CH3-]. The summed E-state index contributed by atoms with van der Waals surface area (Å²) in [5.74, 6) is 1.56. The smallest absolute Gasteiger partial charge is 0.247 e. The first-order valence-electron chi connectivity index (χ1n) is 12.0. The molecule has 0 saturated carbocycles. The van der Waals surface area contributed by atoms with Gasteiger partial charge >= 0.3 is 0 Å². The van der Waals surface area contributed by atoms with E-state index in [0.717, 1.165) is 19.6 Å². The molecule has 0 amide bonds. The lowest BCUT2D eigenvalue weighted by molar-refractivity contribution is -0.516. The molecular formula is C25H51N3. The van der Waals surface area contributed by atoms with E-state index in [2.05, 4.69) is 35.5 Å². The molecule has 0 atom stereocenters. The molecule has 3 heteroatoms. The van der Waals surface area contributed by atoms with E-state index in [1.165, 1.54) is 103 Å². The van der Waals surface area contributed by atoms with Crippen molar-refractivity contribution >= 4 is 5.84 Å². The van der Waals surface area contributed by atoms with Crippen molar-refractivity contribution in [2.24, 2.45) is 5.73 Å². The standard InChI is InChI=1S/C24H48N3.CH3/c1-3-5-6-7-8-9-10-11-12-13-14-15-16-17-18-19-24-26(4-2)22-23-27(24)21-20-25;/h11-12H,3-10,13-23,25H2,1-2H3;1H3/q+1;-1/b12-11+;. The van der Waals surface area contributed by atoms with Gasteiger partial charge in [-0.25, -0.2) is 0 Å². The topological polar surface area (TPSA) is 32.3 Å². The number of amidine groups is 1. The molecule has 0 aromatic heterocycles. The van der Waals surface area contributed by atoms with Crippen LogP contribution in [0.2, 0.25) is 0 Å². The average Bonchev–Trinajstić information content (AvgIpc) is 3.07. The molecule has 0 radical (unpaired) electrons. The van der Waals surface area contributed by atoms with Crippen LogP contribution in [0.4, 0.5) is 0 Å². The molecule has 2 N–H and O–H groups in total. The van der Waals surface area contributed by atoms with Gasteiger partial charge in [0.15, 0.2) is 0 Å². The van der Waals surface area contributed by atoms with Crippen LogP contribution in [-0.4, -0.2) is 48.0 Å². The van der Waals surface area contributed by atoms with Crippen molar-refractivity contribution in [2.45, 2.75) is 104 Å². The first-order chi connectivity index (χ1) is 13.3. The molecule has 0 aliphatic carbocycles. The van der Waals surface area contributed by atoms with E-state index in [-0.39, 0.29) is 7.43 Å². The molecular weight excluding hydrogens is 342 g/mol. The van der Waals surface area contributed by atoms with Crippen LogP contribution in [0.5, 0.6) is 0 Å². The zero-order valence-corrected chi connectivity index (χ0v) is 19.6. The first-order valence-corrected chi connectivity index (χ1v) is 12.0. The average molecular weight is 394 g/mol. The summed E-state index contributed by atoms with van der Waals surface area (Å²) in [5, 5.41) is 0. The summed E-state index contributed by atoms with van der Waals surface area (Å²) in [5.41, 5.74) is 5.76. The van der Waals surface area contributed by atoms with E-state index in [9.17, 15) is 0 Å². The van der Waals surface area contributed by atoms with Gasteiger partial charge in [-0.05, 0) is 39.0 Å². The Kier molecular flexibility index (Phi) is 18.9. The normalized spacial score (nSPS) is 14.3. The van der Waals surface area contributed by atoms with Crippen LogP contribution in [0.15, 0.2) is 12.2 Å². The molecule has 166 valence electrons. The van der Waals surface area contributed by atoms with Crippen LogP contribution in [0.25, 0.3) is 0 Å². The summed E-state index contributed by atoms with van der Waals surface area (Å²) in [4.78, 5) is 2.55. The lowest BCUT2D eigenvalue weighted by Gasteiger charge is -2.11. The lowest BCUT2D eigenvalue weighted by Crippen LogP contribution is -2.30. The van der Waals surface area contributed by atoms with E-state index >= 15 is 0 Å². The fourth-order valence-corrected chi connectivity index (χ4v) is 4.11. The molecule has 0 spiro atoms. The van der Waals surface area contributed by atoms with Crippen molar-refractivity contribution in [1.29, 1.82) is 0 Å². The highest BCUT2D eigenvalue weighted by molar-refractivity contribution is 5.78. The molecule has 1 aliphatic rings. The van der Waals surface area contributed by atoms with Gasteiger partial charge in [-0.3, -0.25) is 9.48 Å². The van der Waals surface area contributed by atoms with Gasteiger partial charge in [-0.2, -0.15) is 0 Å². The Morgan fingerprint density at radius 3 is 2.00 bits per heavy atom. The minimum atomic E-state index is 0. The number of rotatable bonds is 18. The second-order valence-electron chi connectivity index (χ2n) is 8.11. The van der Waals surface area contributed by atoms with Crippen molar-refractivity contribution in [3.8, 4) is 0 Å². The molecule has 0 aromatic carbocycles. The number of nitrogens with two attached hydrogens (primary N) is 1. The molecule has 1 aliphatic heterocycles. The minimum Gasteiger partial charge on any atom is -0.358 e. The minimum absolute atomic E-state index is 0. The predicted octanol–water partition coefficient (Wildman–Crippen LogP) is 6.18. The number of nitrogens with zero attached hydrogens (tertiary/aromatic N) is 2. The van der Waals surface area contributed by atoms with E-state index in [1.807, 2.05) is 0 Å². The zero-order valence-electron chi connectivity index (χ0n) is 19.6. The van der Waals surface area contributed by atoms with E-state index < -0.39 is 0 Å². The number of hydrogen-bond donors (Lipinski definition) is 1. The van der Waals surface area contributed by atoms with E-state index in [1.54, 1.807) is 5.84 Å². The Morgan fingerprint density at radius 2 is 1.43 bits per heavy atom. The molecule has 0 unspecified atom stereocenters. The Hall–Kier alpha value is -0.830. The van der Waals surface area contributed by atoms with Crippen LogP contribution in [-0.2, 0) is 0 Å². The van der Waals surface area contributed by atoms with Crippen molar-refractivity contribution in [3.05, 3.63) is 19.6 Å². The highest BCUT2D eigenvalue weighted by Gasteiger charge is 2.27. The van der Waals surface area contributed by atoms with Crippen LogP contribution in [0.1, 0.15) is 104 Å². The van der Waals surface area contributed by atoms with E-state index in [4.69, 9.17) is 5.73 Å². The summed E-state index contributed by atoms with van der Waals surface area (Å²) in [6.45, 7) is 9.86. The Labute approximate surface area is 177 Å². The second kappa shape index (κ2) is 19.5. The molecule has 0 fully saturated rings. The van der Waals surface area contributed by atoms with Gasteiger partial charge in [-0.1, -0.05) is 70.4 Å². The molecule has 3 nitrogen and oxygen atoms in total. The van der Waals surface area contributed by atoms with Gasteiger partial charge in [0.05, 0.1) is 13.1 Å². The monoisotopic (exact) mass is 393 g/mol. The van der Waals surface area contributed by atoms with Gasteiger partial charge in [0.25, 0.3) is 0 Å². The summed E-state index contributed by atoms with van der Waals surface area (Å²) in [6, 6.07) is 0. The Bertz CT molecular complexity index is 401. The Balaban J connectivity index is 0.00000729. The number of unbranched alkanes of at least 4 members (excludes halogenated alkanes) is 11. The van der Waals surface area contributed by atoms with Crippen LogP contribution in [0.3, 0.4) is 0 Å². The highest BCUT2D eigenvalue weighted by atomic mass is 15.3. The molecule has 0 bridgehead atoms. The van der Waals surface area contributed by atoms with Gasteiger partial charge in [0.2, 0.25) is 5.84 Å². The maximum absolute atomic E-state index is 5.76. The molecule has 0 saturated heterocycles. The van der Waals surface area contributed by atoms with E-state index in [0.29, 0.717) is 0 Å². The van der Waals surface area contributed by atoms with Crippen molar-refractivity contribution in [2.75, 3.05) is 32.7 Å². The fraction of sp³-hybridized carbons (Fsp3) is 0.840. The summed E-state index contributed by atoms with van der Waals surface area (Å²) >= 11 is 0. The van der Waals surface area contributed by atoms with Crippen LogP contribution < -0.4 is 5.73 Å². The predicted molar refractivity (Wildman–Crippen MR) is 127 cm³/mol. The number of likely N-dealkylation sites (N-methyl/N-ethyl adjacent to an activating group) is 1.